The maximum absolute atomic E-state index is 5.47. The van der Waals surface area contributed by atoms with Crippen LogP contribution in [0.4, 0.5) is 5.69 Å². The van der Waals surface area contributed by atoms with Crippen molar-refractivity contribution in [3.05, 3.63) is 24.0 Å². The normalized spacial score (nSPS) is 27.8. The van der Waals surface area contributed by atoms with Crippen molar-refractivity contribution in [3.8, 4) is 0 Å². The second-order valence-corrected chi connectivity index (χ2v) is 5.90. The summed E-state index contributed by atoms with van der Waals surface area (Å²) >= 11 is 0. The number of anilines is 1. The lowest BCUT2D eigenvalue weighted by Crippen LogP contribution is -2.46. The Morgan fingerprint density at radius 2 is 2.11 bits per heavy atom. The topological polar surface area (TPSA) is 54.2 Å². The molecule has 1 saturated carbocycles. The average Bonchev–Trinajstić information content (AvgIpc) is 2.48. The SMILES string of the molecule is NNc1ccnc(CN2CCC[C@H]3CCCC[C@H]32)c1. The van der Waals surface area contributed by atoms with E-state index in [2.05, 4.69) is 21.4 Å². The molecule has 0 unspecified atom stereocenters. The molecule has 3 rings (SSSR count). The van der Waals surface area contributed by atoms with Gasteiger partial charge in [-0.15, -0.1) is 0 Å². The smallest absolute Gasteiger partial charge is 0.0565 e. The van der Waals surface area contributed by atoms with Gasteiger partial charge in [-0.25, -0.2) is 0 Å². The predicted octanol–water partition coefficient (Wildman–Crippen LogP) is 2.52. The molecular weight excluding hydrogens is 236 g/mol. The molecule has 0 bridgehead atoms. The molecule has 2 aliphatic rings. The molecule has 0 aromatic carbocycles. The zero-order valence-corrected chi connectivity index (χ0v) is 11.5. The Morgan fingerprint density at radius 1 is 1.26 bits per heavy atom. The number of hydrogen-bond acceptors (Lipinski definition) is 4. The maximum Gasteiger partial charge on any atom is 0.0565 e. The van der Waals surface area contributed by atoms with Crippen LogP contribution >= 0.6 is 0 Å². The van der Waals surface area contributed by atoms with Gasteiger partial charge in [-0.1, -0.05) is 12.8 Å². The van der Waals surface area contributed by atoms with Crippen LogP contribution in [0.2, 0.25) is 0 Å². The van der Waals surface area contributed by atoms with E-state index in [1.54, 1.807) is 0 Å². The van der Waals surface area contributed by atoms with Crippen molar-refractivity contribution >= 4 is 5.69 Å². The van der Waals surface area contributed by atoms with Crippen molar-refractivity contribution in [2.75, 3.05) is 12.0 Å². The van der Waals surface area contributed by atoms with Gasteiger partial charge in [0.15, 0.2) is 0 Å². The Kier molecular flexibility index (Phi) is 3.99. The first-order valence-electron chi connectivity index (χ1n) is 7.52. The molecule has 0 spiro atoms. The number of rotatable bonds is 3. The molecule has 4 nitrogen and oxygen atoms in total. The first-order valence-corrected chi connectivity index (χ1v) is 7.52. The van der Waals surface area contributed by atoms with Gasteiger partial charge in [0.1, 0.15) is 0 Å². The monoisotopic (exact) mass is 260 g/mol. The summed E-state index contributed by atoms with van der Waals surface area (Å²) in [5, 5.41) is 0. The minimum atomic E-state index is 0.791. The highest BCUT2D eigenvalue weighted by atomic mass is 15.2. The van der Waals surface area contributed by atoms with Crippen LogP contribution in [0, 0.1) is 5.92 Å². The number of pyridine rings is 1. The molecule has 1 aliphatic carbocycles. The number of aromatic nitrogens is 1. The lowest BCUT2D eigenvalue weighted by molar-refractivity contribution is 0.0537. The second kappa shape index (κ2) is 5.88. The number of nitrogens with two attached hydrogens (primary N) is 1. The molecule has 3 N–H and O–H groups in total. The van der Waals surface area contributed by atoms with Gasteiger partial charge < -0.3 is 5.43 Å². The lowest BCUT2D eigenvalue weighted by Gasteiger charge is -2.44. The molecule has 0 amide bonds. The van der Waals surface area contributed by atoms with Crippen LogP contribution in [-0.4, -0.2) is 22.5 Å². The van der Waals surface area contributed by atoms with Gasteiger partial charge in [0, 0.05) is 18.8 Å². The van der Waals surface area contributed by atoms with Crippen LogP contribution < -0.4 is 11.3 Å². The van der Waals surface area contributed by atoms with E-state index >= 15 is 0 Å². The summed E-state index contributed by atoms with van der Waals surface area (Å²) < 4.78 is 0. The standard InChI is InChI=1S/C15H24N4/c16-18-13-7-8-17-14(10-13)11-19-9-3-5-12-4-1-2-6-15(12)19/h7-8,10,12,15H,1-6,9,11,16H2,(H,17,18)/t12-,15-/m1/s1. The highest BCUT2D eigenvalue weighted by Crippen LogP contribution is 2.35. The molecule has 2 fully saturated rings. The third-order valence-corrected chi connectivity index (χ3v) is 4.71. The Balaban J connectivity index is 1.70. The Morgan fingerprint density at radius 3 is 3.00 bits per heavy atom. The van der Waals surface area contributed by atoms with Crippen molar-refractivity contribution in [3.63, 3.8) is 0 Å². The molecule has 1 aromatic heterocycles. The van der Waals surface area contributed by atoms with Crippen molar-refractivity contribution in [1.82, 2.24) is 9.88 Å². The van der Waals surface area contributed by atoms with Crippen molar-refractivity contribution in [2.45, 2.75) is 51.1 Å². The number of hydrogen-bond donors (Lipinski definition) is 2. The fraction of sp³-hybridized carbons (Fsp3) is 0.667. The minimum absolute atomic E-state index is 0.791. The number of piperidine rings is 1. The maximum atomic E-state index is 5.47. The zero-order chi connectivity index (χ0) is 13.1. The molecule has 19 heavy (non-hydrogen) atoms. The van der Waals surface area contributed by atoms with E-state index in [4.69, 9.17) is 5.84 Å². The summed E-state index contributed by atoms with van der Waals surface area (Å²) in [6.07, 6.45) is 10.2. The molecule has 2 atom stereocenters. The zero-order valence-electron chi connectivity index (χ0n) is 11.5. The molecule has 4 heteroatoms. The van der Waals surface area contributed by atoms with Gasteiger partial charge in [-0.05, 0) is 50.3 Å². The molecule has 1 aliphatic heterocycles. The summed E-state index contributed by atoms with van der Waals surface area (Å²) in [5.74, 6) is 6.40. The van der Waals surface area contributed by atoms with Crippen LogP contribution in [0.1, 0.15) is 44.2 Å². The van der Waals surface area contributed by atoms with Gasteiger partial charge in [0.25, 0.3) is 0 Å². The summed E-state index contributed by atoms with van der Waals surface area (Å²) in [4.78, 5) is 7.13. The van der Waals surface area contributed by atoms with Crippen LogP contribution in [-0.2, 0) is 6.54 Å². The molecule has 104 valence electrons. The van der Waals surface area contributed by atoms with E-state index in [0.29, 0.717) is 0 Å². The van der Waals surface area contributed by atoms with E-state index in [-0.39, 0.29) is 0 Å². The van der Waals surface area contributed by atoms with Crippen molar-refractivity contribution in [1.29, 1.82) is 0 Å². The van der Waals surface area contributed by atoms with Crippen LogP contribution in [0.5, 0.6) is 0 Å². The van der Waals surface area contributed by atoms with Crippen molar-refractivity contribution in [2.24, 2.45) is 11.8 Å². The summed E-state index contributed by atoms with van der Waals surface area (Å²) in [5.41, 5.74) is 4.78. The van der Waals surface area contributed by atoms with Gasteiger partial charge in [-0.3, -0.25) is 15.7 Å². The number of nitrogen functional groups attached to an aromatic ring is 1. The third kappa shape index (κ3) is 2.90. The fourth-order valence-electron chi connectivity index (χ4n) is 3.79. The van der Waals surface area contributed by atoms with Crippen LogP contribution in [0.15, 0.2) is 18.3 Å². The Bertz CT molecular complexity index is 418. The van der Waals surface area contributed by atoms with Gasteiger partial charge in [0.05, 0.1) is 11.4 Å². The number of likely N-dealkylation sites (tertiary alicyclic amines) is 1. The van der Waals surface area contributed by atoms with Crippen LogP contribution in [0.3, 0.4) is 0 Å². The third-order valence-electron chi connectivity index (χ3n) is 4.71. The molecule has 0 radical (unpaired) electrons. The first kappa shape index (κ1) is 12.9. The summed E-state index contributed by atoms with van der Waals surface area (Å²) in [6.45, 7) is 2.19. The second-order valence-electron chi connectivity index (χ2n) is 5.90. The summed E-state index contributed by atoms with van der Waals surface area (Å²) in [6, 6.07) is 4.76. The molecule has 1 saturated heterocycles. The fourth-order valence-corrected chi connectivity index (χ4v) is 3.79. The van der Waals surface area contributed by atoms with Crippen LogP contribution in [0.25, 0.3) is 0 Å². The van der Waals surface area contributed by atoms with E-state index in [9.17, 15) is 0 Å². The van der Waals surface area contributed by atoms with Crippen molar-refractivity contribution < 1.29 is 0 Å². The molecular formula is C15H24N4. The first-order chi connectivity index (χ1) is 9.36. The Hall–Kier alpha value is -1.13. The number of nitrogens with zero attached hydrogens (tertiary/aromatic N) is 2. The highest BCUT2D eigenvalue weighted by molar-refractivity contribution is 5.41. The largest absolute Gasteiger partial charge is 0.324 e. The quantitative estimate of drug-likeness (QED) is 0.648. The number of nitrogens with one attached hydrogen (secondary N) is 1. The van der Waals surface area contributed by atoms with Gasteiger partial charge >= 0.3 is 0 Å². The van der Waals surface area contributed by atoms with E-state index in [0.717, 1.165) is 29.9 Å². The van der Waals surface area contributed by atoms with E-state index < -0.39 is 0 Å². The number of fused-ring (bicyclic) bond motifs is 1. The Labute approximate surface area is 115 Å². The lowest BCUT2D eigenvalue weighted by atomic mass is 9.78. The number of hydrazine groups is 1. The van der Waals surface area contributed by atoms with E-state index in [1.165, 1.54) is 45.1 Å². The van der Waals surface area contributed by atoms with E-state index in [1.807, 2.05) is 12.3 Å². The molecule has 1 aromatic rings. The average molecular weight is 260 g/mol. The predicted molar refractivity (Wildman–Crippen MR) is 77.4 cm³/mol. The van der Waals surface area contributed by atoms with Gasteiger partial charge in [0.2, 0.25) is 0 Å². The minimum Gasteiger partial charge on any atom is -0.324 e. The van der Waals surface area contributed by atoms with Gasteiger partial charge in [-0.2, -0.15) is 0 Å². The highest BCUT2D eigenvalue weighted by Gasteiger charge is 2.33. The summed E-state index contributed by atoms with van der Waals surface area (Å²) in [7, 11) is 0. The molecule has 2 heterocycles.